The second-order valence-electron chi connectivity index (χ2n) is 4.35. The van der Waals surface area contributed by atoms with Crippen molar-refractivity contribution in [3.05, 3.63) is 23.8 Å². The maximum Gasteiger partial charge on any atom is 0.188 e. The summed E-state index contributed by atoms with van der Waals surface area (Å²) in [6.45, 7) is 0.766. The normalized spacial score (nSPS) is 22.8. The predicted octanol–water partition coefficient (Wildman–Crippen LogP) is 1.00. The zero-order valence-corrected chi connectivity index (χ0v) is 10.6. The van der Waals surface area contributed by atoms with Gasteiger partial charge in [-0.2, -0.15) is 0 Å². The summed E-state index contributed by atoms with van der Waals surface area (Å²) in [7, 11) is 3.07. The number of carbonyl (C=O) groups is 1. The molecule has 1 heterocycles. The van der Waals surface area contributed by atoms with Crippen LogP contribution in [0.4, 0.5) is 0 Å². The van der Waals surface area contributed by atoms with E-state index in [9.17, 15) is 4.79 Å². The Balaban J connectivity index is 2.35. The van der Waals surface area contributed by atoms with Gasteiger partial charge in [0.2, 0.25) is 0 Å². The molecule has 1 fully saturated rings. The molecule has 2 rings (SSSR count). The molecule has 0 aromatic heterocycles. The van der Waals surface area contributed by atoms with Crippen molar-refractivity contribution in [2.75, 3.05) is 27.4 Å². The Hall–Kier alpha value is -1.59. The number of nitrogens with two attached hydrogens (primary N) is 1. The molecule has 1 atom stereocenters. The van der Waals surface area contributed by atoms with Crippen LogP contribution >= 0.6 is 0 Å². The van der Waals surface area contributed by atoms with Crippen molar-refractivity contribution in [3.63, 3.8) is 0 Å². The largest absolute Gasteiger partial charge is 0.497 e. The number of benzene rings is 1. The first kappa shape index (κ1) is 12.9. The molecule has 1 unspecified atom stereocenters. The molecule has 0 bridgehead atoms. The average molecular weight is 251 g/mol. The number of ether oxygens (including phenoxy) is 3. The molecule has 1 saturated heterocycles. The molecule has 0 aliphatic carbocycles. The van der Waals surface area contributed by atoms with E-state index in [2.05, 4.69) is 0 Å². The van der Waals surface area contributed by atoms with Crippen LogP contribution in [0.3, 0.4) is 0 Å². The van der Waals surface area contributed by atoms with Gasteiger partial charge in [0.15, 0.2) is 5.78 Å². The van der Waals surface area contributed by atoms with E-state index in [1.165, 1.54) is 7.11 Å². The molecular formula is C13H17NO4. The van der Waals surface area contributed by atoms with Crippen LogP contribution < -0.4 is 15.2 Å². The molecule has 1 aromatic carbocycles. The molecule has 18 heavy (non-hydrogen) atoms. The quantitative estimate of drug-likeness (QED) is 0.808. The summed E-state index contributed by atoms with van der Waals surface area (Å²) in [6, 6.07) is 5.06. The fourth-order valence-electron chi connectivity index (χ4n) is 2.01. The van der Waals surface area contributed by atoms with E-state index in [0.717, 1.165) is 0 Å². The maximum atomic E-state index is 12.4. The second kappa shape index (κ2) is 4.96. The second-order valence-corrected chi connectivity index (χ2v) is 4.35. The first-order valence-electron chi connectivity index (χ1n) is 5.74. The zero-order valence-electron chi connectivity index (χ0n) is 10.6. The molecule has 0 saturated carbocycles. The number of hydrogen-bond acceptors (Lipinski definition) is 5. The van der Waals surface area contributed by atoms with Gasteiger partial charge in [-0.3, -0.25) is 4.79 Å². The van der Waals surface area contributed by atoms with Crippen molar-refractivity contribution in [2.45, 2.75) is 12.0 Å². The van der Waals surface area contributed by atoms with E-state index in [-0.39, 0.29) is 12.4 Å². The van der Waals surface area contributed by atoms with Crippen molar-refractivity contribution in [3.8, 4) is 11.5 Å². The highest BCUT2D eigenvalue weighted by atomic mass is 16.5. The van der Waals surface area contributed by atoms with Crippen molar-refractivity contribution in [1.82, 2.24) is 0 Å². The van der Waals surface area contributed by atoms with Gasteiger partial charge < -0.3 is 19.9 Å². The van der Waals surface area contributed by atoms with Gasteiger partial charge in [-0.05, 0) is 18.6 Å². The molecule has 1 aliphatic rings. The molecule has 1 aromatic rings. The van der Waals surface area contributed by atoms with Gasteiger partial charge in [-0.25, -0.2) is 0 Å². The van der Waals surface area contributed by atoms with Gasteiger partial charge in [0.05, 0.1) is 26.4 Å². The lowest BCUT2D eigenvalue weighted by molar-refractivity contribution is 0.0860. The van der Waals surface area contributed by atoms with Crippen LogP contribution in [0.15, 0.2) is 18.2 Å². The van der Waals surface area contributed by atoms with Gasteiger partial charge in [0.25, 0.3) is 0 Å². The Morgan fingerprint density at radius 1 is 1.39 bits per heavy atom. The van der Waals surface area contributed by atoms with Gasteiger partial charge in [-0.15, -0.1) is 0 Å². The minimum absolute atomic E-state index is 0.153. The standard InChI is InChI=1S/C13H17NO4/c1-16-9-3-4-10(11(7-9)17-2)12(15)13(14)5-6-18-8-13/h3-4,7H,5-6,8,14H2,1-2H3. The third-order valence-corrected chi connectivity index (χ3v) is 3.16. The molecular weight excluding hydrogens is 234 g/mol. The number of carbonyl (C=O) groups excluding carboxylic acids is 1. The van der Waals surface area contributed by atoms with Crippen molar-refractivity contribution in [1.29, 1.82) is 0 Å². The first-order valence-corrected chi connectivity index (χ1v) is 5.74. The van der Waals surface area contributed by atoms with E-state index < -0.39 is 5.54 Å². The number of rotatable bonds is 4. The number of ketones is 1. The smallest absolute Gasteiger partial charge is 0.188 e. The highest BCUT2D eigenvalue weighted by Crippen LogP contribution is 2.29. The minimum Gasteiger partial charge on any atom is -0.497 e. The van der Waals surface area contributed by atoms with E-state index >= 15 is 0 Å². The monoisotopic (exact) mass is 251 g/mol. The van der Waals surface area contributed by atoms with Crippen LogP contribution in [-0.4, -0.2) is 38.8 Å². The van der Waals surface area contributed by atoms with E-state index in [4.69, 9.17) is 19.9 Å². The van der Waals surface area contributed by atoms with Gasteiger partial charge in [-0.1, -0.05) is 0 Å². The number of methoxy groups -OCH3 is 2. The van der Waals surface area contributed by atoms with Crippen molar-refractivity contribution in [2.24, 2.45) is 5.73 Å². The van der Waals surface area contributed by atoms with Crippen LogP contribution in [0, 0.1) is 0 Å². The first-order chi connectivity index (χ1) is 8.60. The van der Waals surface area contributed by atoms with Crippen LogP contribution in [0.5, 0.6) is 11.5 Å². The molecule has 0 amide bonds. The summed E-state index contributed by atoms with van der Waals surface area (Å²) in [5, 5.41) is 0. The summed E-state index contributed by atoms with van der Waals surface area (Å²) in [5.74, 6) is 0.952. The number of Topliss-reactive ketones (excluding diaryl/α,β-unsaturated/α-hetero) is 1. The van der Waals surface area contributed by atoms with E-state index in [1.54, 1.807) is 25.3 Å². The Kier molecular flexibility index (Phi) is 3.54. The zero-order chi connectivity index (χ0) is 13.2. The Labute approximate surface area is 106 Å². The Morgan fingerprint density at radius 2 is 2.17 bits per heavy atom. The van der Waals surface area contributed by atoms with Crippen molar-refractivity contribution >= 4 is 5.78 Å². The van der Waals surface area contributed by atoms with Gasteiger partial charge in [0.1, 0.15) is 17.0 Å². The maximum absolute atomic E-state index is 12.4. The predicted molar refractivity (Wildman–Crippen MR) is 66.2 cm³/mol. The molecule has 2 N–H and O–H groups in total. The fourth-order valence-corrected chi connectivity index (χ4v) is 2.01. The van der Waals surface area contributed by atoms with Gasteiger partial charge in [0, 0.05) is 12.7 Å². The molecule has 98 valence electrons. The van der Waals surface area contributed by atoms with Crippen molar-refractivity contribution < 1.29 is 19.0 Å². The minimum atomic E-state index is -0.943. The summed E-state index contributed by atoms with van der Waals surface area (Å²) in [4.78, 5) is 12.4. The highest BCUT2D eigenvalue weighted by molar-refractivity contribution is 6.05. The summed E-state index contributed by atoms with van der Waals surface area (Å²) < 4.78 is 15.5. The van der Waals surface area contributed by atoms with Crippen LogP contribution in [0.2, 0.25) is 0 Å². The molecule has 5 heteroatoms. The SMILES string of the molecule is COc1ccc(C(=O)C2(N)CCOC2)c(OC)c1. The van der Waals surface area contributed by atoms with Gasteiger partial charge >= 0.3 is 0 Å². The molecule has 0 radical (unpaired) electrons. The van der Waals surface area contributed by atoms with Crippen LogP contribution in [0.1, 0.15) is 16.8 Å². The number of hydrogen-bond donors (Lipinski definition) is 1. The lowest BCUT2D eigenvalue weighted by Gasteiger charge is -2.21. The summed E-state index contributed by atoms with van der Waals surface area (Å²) in [6.07, 6.45) is 0.529. The average Bonchev–Trinajstić information content (AvgIpc) is 2.85. The Morgan fingerprint density at radius 3 is 2.72 bits per heavy atom. The summed E-state index contributed by atoms with van der Waals surface area (Å²) in [5.41, 5.74) is 5.59. The Bertz CT molecular complexity index is 452. The van der Waals surface area contributed by atoms with E-state index in [1.807, 2.05) is 0 Å². The third-order valence-electron chi connectivity index (χ3n) is 3.16. The lowest BCUT2D eigenvalue weighted by atomic mass is 9.89. The molecule has 5 nitrogen and oxygen atoms in total. The van der Waals surface area contributed by atoms with Crippen LogP contribution in [0.25, 0.3) is 0 Å². The molecule has 0 spiro atoms. The third kappa shape index (κ3) is 2.19. The van der Waals surface area contributed by atoms with E-state index in [0.29, 0.717) is 30.1 Å². The fraction of sp³-hybridized carbons (Fsp3) is 0.462. The lowest BCUT2D eigenvalue weighted by Crippen LogP contribution is -2.48. The highest BCUT2D eigenvalue weighted by Gasteiger charge is 2.39. The topological polar surface area (TPSA) is 70.8 Å². The molecule has 1 aliphatic heterocycles. The van der Waals surface area contributed by atoms with Crippen LogP contribution in [-0.2, 0) is 4.74 Å². The summed E-state index contributed by atoms with van der Waals surface area (Å²) >= 11 is 0.